The first-order valence-electron chi connectivity index (χ1n) is 6.70. The Morgan fingerprint density at radius 1 is 0.792 bits per heavy atom. The number of Topliss-reactive ketones (excluding diaryl/α,β-unsaturated/α-hetero) is 2. The Kier molecular flexibility index (Phi) is 6.79. The van der Waals surface area contributed by atoms with Crippen LogP contribution in [0.3, 0.4) is 0 Å². The van der Waals surface area contributed by atoms with Gasteiger partial charge in [0, 0.05) is 0 Å². The highest BCUT2D eigenvalue weighted by molar-refractivity contribution is 7.23. The third-order valence-corrected chi connectivity index (χ3v) is 5.17. The van der Waals surface area contributed by atoms with Gasteiger partial charge in [-0.2, -0.15) is 0 Å². The van der Waals surface area contributed by atoms with Crippen molar-refractivity contribution in [2.24, 2.45) is 5.92 Å². The van der Waals surface area contributed by atoms with Crippen LogP contribution in [-0.2, 0) is 4.57 Å². The number of hydrogen-bond acceptors (Lipinski definition) is 3. The van der Waals surface area contributed by atoms with Crippen LogP contribution >= 0.6 is 54.9 Å². The highest BCUT2D eigenvalue weighted by atomic mass is 35.5. The fraction of sp³-hybridized carbons (Fsp3) is 0.125. The minimum absolute atomic E-state index is 0.0145. The molecule has 124 valence electrons. The van der Waals surface area contributed by atoms with E-state index in [1.807, 2.05) is 0 Å². The van der Waals surface area contributed by atoms with E-state index in [0.29, 0.717) is 0 Å². The maximum atomic E-state index is 12.8. The Labute approximate surface area is 160 Å². The van der Waals surface area contributed by atoms with Gasteiger partial charge in [-0.05, 0) is 24.3 Å². The number of hydrogen-bond donors (Lipinski definition) is 0. The molecule has 0 spiro atoms. The van der Waals surface area contributed by atoms with Gasteiger partial charge in [0.15, 0.2) is 17.7 Å². The summed E-state index contributed by atoms with van der Waals surface area (Å²) < 4.78 is 11.1. The molecule has 0 amide bonds. The lowest BCUT2D eigenvalue weighted by Crippen LogP contribution is -2.27. The summed E-state index contributed by atoms with van der Waals surface area (Å²) in [7, 11) is -0.863. The van der Waals surface area contributed by atoms with Gasteiger partial charge in [-0.15, -0.1) is 0 Å². The van der Waals surface area contributed by atoms with Crippen molar-refractivity contribution >= 4 is 66.4 Å². The van der Waals surface area contributed by atoms with E-state index in [1.54, 1.807) is 12.1 Å². The highest BCUT2D eigenvalue weighted by Crippen LogP contribution is 2.32. The van der Waals surface area contributed by atoms with Crippen LogP contribution in [0, 0.1) is 5.92 Å². The predicted molar refractivity (Wildman–Crippen MR) is 98.9 cm³/mol. The molecule has 0 saturated heterocycles. The number of benzene rings is 2. The van der Waals surface area contributed by atoms with Gasteiger partial charge in [-0.3, -0.25) is 9.59 Å². The van der Waals surface area contributed by atoms with Gasteiger partial charge in [-0.25, -0.2) is 0 Å². The average Bonchev–Trinajstić information content (AvgIpc) is 2.51. The summed E-state index contributed by atoms with van der Waals surface area (Å²) in [5.41, 5.74) is 0.0289. The van der Waals surface area contributed by atoms with Crippen molar-refractivity contribution in [3.63, 3.8) is 0 Å². The second-order valence-corrected chi connectivity index (χ2v) is 7.15. The number of carbonyl (C=O) groups is 2. The SMILES string of the molecule is O=[PH+]CC(C(=O)c1c(Cl)cccc1Cl)C(=O)c1c(Cl)cccc1Cl. The van der Waals surface area contributed by atoms with Crippen LogP contribution < -0.4 is 0 Å². The average molecular weight is 423 g/mol. The van der Waals surface area contributed by atoms with Crippen molar-refractivity contribution in [3.05, 3.63) is 67.6 Å². The van der Waals surface area contributed by atoms with Gasteiger partial charge in [0.25, 0.3) is 0 Å². The molecule has 0 N–H and O–H groups in total. The van der Waals surface area contributed by atoms with Gasteiger partial charge in [-0.1, -0.05) is 63.1 Å². The molecule has 2 rings (SSSR count). The number of rotatable bonds is 6. The third-order valence-electron chi connectivity index (χ3n) is 3.34. The summed E-state index contributed by atoms with van der Waals surface area (Å²) in [6.07, 6.45) is -0.180. The second-order valence-electron chi connectivity index (χ2n) is 4.82. The van der Waals surface area contributed by atoms with Crippen LogP contribution in [0.15, 0.2) is 36.4 Å². The van der Waals surface area contributed by atoms with Gasteiger partial charge in [0.1, 0.15) is 5.92 Å². The quantitative estimate of drug-likeness (QED) is 0.325. The molecule has 0 aliphatic rings. The van der Waals surface area contributed by atoms with E-state index in [4.69, 9.17) is 46.4 Å². The molecule has 0 radical (unpaired) electrons. The summed E-state index contributed by atoms with van der Waals surface area (Å²) in [5, 5.41) is 0.462. The standard InChI is InChI=1S/C16H9Cl4O3P/c17-9-3-1-4-10(18)13(9)15(21)8(7-24-23)16(22)14-11(19)5-2-6-12(14)20/h1-6,8H,7H2/p+1. The van der Waals surface area contributed by atoms with Gasteiger partial charge in [0.2, 0.25) is 0 Å². The zero-order valence-electron chi connectivity index (χ0n) is 12.0. The molecule has 0 saturated carbocycles. The molecular formula is C16H10Cl4O3P+. The third kappa shape index (κ3) is 3.99. The smallest absolute Gasteiger partial charge is 0.293 e. The Morgan fingerprint density at radius 3 is 1.42 bits per heavy atom. The monoisotopic (exact) mass is 421 g/mol. The van der Waals surface area contributed by atoms with E-state index < -0.39 is 25.9 Å². The highest BCUT2D eigenvalue weighted by Gasteiger charge is 2.35. The molecule has 0 aliphatic carbocycles. The lowest BCUT2D eigenvalue weighted by atomic mass is 9.91. The molecule has 24 heavy (non-hydrogen) atoms. The van der Waals surface area contributed by atoms with Gasteiger partial charge < -0.3 is 0 Å². The van der Waals surface area contributed by atoms with E-state index in [2.05, 4.69) is 0 Å². The Bertz CT molecular complexity index is 719. The number of carbonyl (C=O) groups excluding carboxylic acids is 2. The molecule has 0 bridgehead atoms. The summed E-state index contributed by atoms with van der Waals surface area (Å²) in [6.45, 7) is 0. The Morgan fingerprint density at radius 2 is 1.12 bits per heavy atom. The van der Waals surface area contributed by atoms with Crippen molar-refractivity contribution in [3.8, 4) is 0 Å². The van der Waals surface area contributed by atoms with Crippen molar-refractivity contribution < 1.29 is 14.2 Å². The lowest BCUT2D eigenvalue weighted by Gasteiger charge is -2.14. The summed E-state index contributed by atoms with van der Waals surface area (Å²) in [5.74, 6) is -2.47. The topological polar surface area (TPSA) is 51.2 Å². The zero-order valence-corrected chi connectivity index (χ0v) is 16.0. The largest absolute Gasteiger partial charge is 0.326 e. The van der Waals surface area contributed by atoms with Crippen LogP contribution in [0.1, 0.15) is 20.7 Å². The van der Waals surface area contributed by atoms with E-state index in [-0.39, 0.29) is 37.4 Å². The fourth-order valence-electron chi connectivity index (χ4n) is 2.20. The number of halogens is 4. The fourth-order valence-corrected chi connectivity index (χ4v) is 3.91. The van der Waals surface area contributed by atoms with Crippen molar-refractivity contribution in [2.75, 3.05) is 6.16 Å². The molecule has 2 aromatic rings. The molecule has 3 nitrogen and oxygen atoms in total. The Hall–Kier alpha value is -0.960. The molecular weight excluding hydrogens is 413 g/mol. The van der Waals surface area contributed by atoms with Crippen LogP contribution in [0.25, 0.3) is 0 Å². The Balaban J connectivity index is 2.52. The second kappa shape index (κ2) is 8.42. The molecule has 1 atom stereocenters. The van der Waals surface area contributed by atoms with Crippen LogP contribution in [-0.4, -0.2) is 17.7 Å². The summed E-state index contributed by atoms with van der Waals surface area (Å²) in [4.78, 5) is 25.6. The van der Waals surface area contributed by atoms with E-state index >= 15 is 0 Å². The predicted octanol–water partition coefficient (Wildman–Crippen LogP) is 6.01. The molecule has 2 aromatic carbocycles. The van der Waals surface area contributed by atoms with Crippen molar-refractivity contribution in [2.45, 2.75) is 0 Å². The molecule has 0 aromatic heterocycles. The summed E-state index contributed by atoms with van der Waals surface area (Å²) >= 11 is 24.1. The minimum Gasteiger partial charge on any atom is -0.293 e. The van der Waals surface area contributed by atoms with E-state index in [9.17, 15) is 14.2 Å². The molecule has 1 unspecified atom stereocenters. The maximum Gasteiger partial charge on any atom is 0.326 e. The van der Waals surface area contributed by atoms with Crippen LogP contribution in [0.5, 0.6) is 0 Å². The van der Waals surface area contributed by atoms with E-state index in [1.165, 1.54) is 24.3 Å². The first-order chi connectivity index (χ1) is 11.4. The minimum atomic E-state index is -1.24. The molecule has 8 heteroatoms. The van der Waals surface area contributed by atoms with Crippen molar-refractivity contribution in [1.82, 2.24) is 0 Å². The van der Waals surface area contributed by atoms with Crippen LogP contribution in [0.4, 0.5) is 0 Å². The molecule has 0 fully saturated rings. The van der Waals surface area contributed by atoms with Crippen molar-refractivity contribution in [1.29, 1.82) is 0 Å². The normalized spacial score (nSPS) is 11.0. The van der Waals surface area contributed by atoms with E-state index in [0.717, 1.165) is 0 Å². The van der Waals surface area contributed by atoms with Gasteiger partial charge >= 0.3 is 8.46 Å². The lowest BCUT2D eigenvalue weighted by molar-refractivity contribution is 0.0824. The van der Waals surface area contributed by atoms with Gasteiger partial charge in [0.05, 0.1) is 31.2 Å². The zero-order chi connectivity index (χ0) is 17.9. The first-order valence-corrected chi connectivity index (χ1v) is 9.32. The van der Waals surface area contributed by atoms with Crippen LogP contribution in [0.2, 0.25) is 20.1 Å². The number of ketones is 2. The molecule has 0 aliphatic heterocycles. The first kappa shape index (κ1) is 19.4. The summed E-state index contributed by atoms with van der Waals surface area (Å²) in [6, 6.07) is 9.12. The maximum absolute atomic E-state index is 12.8. The molecule has 0 heterocycles.